The van der Waals surface area contributed by atoms with E-state index in [9.17, 15) is 14.4 Å². The molecule has 1 rings (SSSR count). The Morgan fingerprint density at radius 1 is 1.20 bits per heavy atom. The Balaban J connectivity index is 2.62. The van der Waals surface area contributed by atoms with Gasteiger partial charge < -0.3 is 4.74 Å². The molecule has 1 aromatic carbocycles. The summed E-state index contributed by atoms with van der Waals surface area (Å²) in [6.07, 6.45) is 0.0855. The number of carbonyl (C=O) groups excluding carboxylic acids is 3. The summed E-state index contributed by atoms with van der Waals surface area (Å²) in [5.74, 6) is -0.694. The minimum Gasteiger partial charge on any atom is -0.469 e. The molecule has 0 aliphatic rings. The van der Waals surface area contributed by atoms with Crippen molar-refractivity contribution < 1.29 is 19.1 Å². The number of Topliss-reactive ketones (excluding diaryl/α,β-unsaturated/α-hetero) is 1. The molecule has 0 heterocycles. The minimum atomic E-state index is -0.537. The van der Waals surface area contributed by atoms with Gasteiger partial charge in [0.2, 0.25) is 0 Å². The smallest absolute Gasteiger partial charge is 0.309 e. The Labute approximate surface area is 126 Å². The maximum absolute atomic E-state index is 12.1. The van der Waals surface area contributed by atoms with E-state index in [2.05, 4.69) is 0 Å². The summed E-state index contributed by atoms with van der Waals surface area (Å²) in [6, 6.07) is 8.82. The second kappa shape index (κ2) is 8.81. The third-order valence-electron chi connectivity index (χ3n) is 2.51. The van der Waals surface area contributed by atoms with Gasteiger partial charge in [0.05, 0.1) is 13.0 Å². The van der Waals surface area contributed by atoms with Crippen LogP contribution in [0.5, 0.6) is 0 Å². The van der Waals surface area contributed by atoms with E-state index < -0.39 is 11.9 Å². The number of rotatable bonds is 7. The van der Waals surface area contributed by atoms with Crippen molar-refractivity contribution in [3.63, 3.8) is 0 Å². The Morgan fingerprint density at radius 3 is 2.40 bits per heavy atom. The number of hydrogen-bond donors (Lipinski definition) is 0. The molecule has 1 atom stereocenters. The van der Waals surface area contributed by atoms with E-state index in [1.54, 1.807) is 24.3 Å². The lowest BCUT2D eigenvalue weighted by Crippen LogP contribution is -2.22. The molecule has 0 saturated carbocycles. The fourth-order valence-corrected chi connectivity index (χ4v) is 3.39. The van der Waals surface area contributed by atoms with E-state index in [0.29, 0.717) is 11.3 Å². The summed E-state index contributed by atoms with van der Waals surface area (Å²) in [5, 5.41) is -0.0343. The maximum Gasteiger partial charge on any atom is 0.309 e. The topological polar surface area (TPSA) is 60.4 Å². The Hall–Kier alpha value is -1.27. The number of benzene rings is 1. The highest BCUT2D eigenvalue weighted by Gasteiger charge is 2.23. The van der Waals surface area contributed by atoms with Gasteiger partial charge in [0.25, 0.3) is 0 Å². The molecule has 20 heavy (non-hydrogen) atoms. The highest BCUT2D eigenvalue weighted by atomic mass is 33.1. The first-order valence-electron chi connectivity index (χ1n) is 6.00. The molecule has 0 saturated heterocycles. The van der Waals surface area contributed by atoms with Crippen LogP contribution in [0.15, 0.2) is 30.3 Å². The van der Waals surface area contributed by atoms with Gasteiger partial charge in [-0.3, -0.25) is 14.4 Å². The van der Waals surface area contributed by atoms with Crippen molar-refractivity contribution in [3.05, 3.63) is 35.9 Å². The molecular weight excluding hydrogens is 296 g/mol. The number of methoxy groups -OCH3 is 1. The number of hydrogen-bond acceptors (Lipinski definition) is 6. The molecule has 0 aliphatic heterocycles. The summed E-state index contributed by atoms with van der Waals surface area (Å²) in [5.41, 5.74) is 0.575. The van der Waals surface area contributed by atoms with Crippen LogP contribution in [0.25, 0.3) is 0 Å². The van der Waals surface area contributed by atoms with Crippen LogP contribution in [0.3, 0.4) is 0 Å². The van der Waals surface area contributed by atoms with Gasteiger partial charge in [-0.2, -0.15) is 0 Å². The molecular formula is C14H16O4S2. The van der Waals surface area contributed by atoms with Gasteiger partial charge in [0.15, 0.2) is 10.9 Å². The molecule has 0 aliphatic carbocycles. The highest BCUT2D eigenvalue weighted by molar-refractivity contribution is 8.82. The van der Waals surface area contributed by atoms with Gasteiger partial charge in [-0.1, -0.05) is 41.1 Å². The van der Waals surface area contributed by atoms with Crippen molar-refractivity contribution >= 4 is 38.5 Å². The molecule has 0 aromatic heterocycles. The predicted octanol–water partition coefficient (Wildman–Crippen LogP) is 2.98. The second-order valence-electron chi connectivity index (χ2n) is 4.07. The van der Waals surface area contributed by atoms with Crippen LogP contribution in [0.1, 0.15) is 23.7 Å². The molecule has 0 radical (unpaired) electrons. The minimum absolute atomic E-state index is 0.0343. The van der Waals surface area contributed by atoms with Crippen LogP contribution in [0.4, 0.5) is 0 Å². The lowest BCUT2D eigenvalue weighted by atomic mass is 10.00. The van der Waals surface area contributed by atoms with Gasteiger partial charge in [-0.25, -0.2) is 0 Å². The Kier molecular flexibility index (Phi) is 7.40. The van der Waals surface area contributed by atoms with Crippen molar-refractivity contribution in [3.8, 4) is 0 Å². The second-order valence-corrected chi connectivity index (χ2v) is 6.59. The molecule has 1 aromatic rings. The first-order valence-corrected chi connectivity index (χ1v) is 8.32. The Bertz CT molecular complexity index is 473. The normalized spacial score (nSPS) is 11.7. The third kappa shape index (κ3) is 5.79. The quantitative estimate of drug-likeness (QED) is 0.438. The maximum atomic E-state index is 12.1. The average molecular weight is 312 g/mol. The monoisotopic (exact) mass is 312 g/mol. The predicted molar refractivity (Wildman–Crippen MR) is 81.6 cm³/mol. The van der Waals surface area contributed by atoms with Crippen LogP contribution < -0.4 is 0 Å². The molecule has 1 unspecified atom stereocenters. The standard InChI is InChI=1S/C14H16O4S2/c1-10(15)20-19-9-12(14(17)18-2)8-13(16)11-6-4-3-5-7-11/h3-7,12H,8-9H2,1-2H3. The zero-order chi connectivity index (χ0) is 15.0. The molecule has 4 nitrogen and oxygen atoms in total. The number of ketones is 1. The summed E-state index contributed by atoms with van der Waals surface area (Å²) in [6.45, 7) is 1.46. The zero-order valence-electron chi connectivity index (χ0n) is 11.3. The van der Waals surface area contributed by atoms with Crippen molar-refractivity contribution in [2.24, 2.45) is 5.92 Å². The fraction of sp³-hybridized carbons (Fsp3) is 0.357. The number of esters is 1. The first-order chi connectivity index (χ1) is 9.54. The van der Waals surface area contributed by atoms with E-state index in [0.717, 1.165) is 10.8 Å². The largest absolute Gasteiger partial charge is 0.469 e. The van der Waals surface area contributed by atoms with E-state index in [1.807, 2.05) is 6.07 Å². The van der Waals surface area contributed by atoms with Crippen molar-refractivity contribution in [1.82, 2.24) is 0 Å². The summed E-state index contributed by atoms with van der Waals surface area (Å²) >= 11 is 0. The van der Waals surface area contributed by atoms with E-state index >= 15 is 0 Å². The van der Waals surface area contributed by atoms with Crippen LogP contribution in [0.2, 0.25) is 0 Å². The SMILES string of the molecule is COC(=O)C(CSSC(C)=O)CC(=O)c1ccccc1. The van der Waals surface area contributed by atoms with E-state index in [4.69, 9.17) is 4.74 Å². The number of carbonyl (C=O) groups is 3. The molecule has 6 heteroatoms. The molecule has 0 spiro atoms. The highest BCUT2D eigenvalue weighted by Crippen LogP contribution is 2.27. The van der Waals surface area contributed by atoms with Gasteiger partial charge >= 0.3 is 5.97 Å². The van der Waals surface area contributed by atoms with Crippen LogP contribution in [-0.4, -0.2) is 29.7 Å². The van der Waals surface area contributed by atoms with Gasteiger partial charge in [0.1, 0.15) is 0 Å². The van der Waals surface area contributed by atoms with E-state index in [-0.39, 0.29) is 17.3 Å². The fourth-order valence-electron chi connectivity index (χ4n) is 1.54. The Morgan fingerprint density at radius 2 is 1.85 bits per heavy atom. The lowest BCUT2D eigenvalue weighted by Gasteiger charge is -2.12. The van der Waals surface area contributed by atoms with Gasteiger partial charge in [0, 0.05) is 24.7 Å². The van der Waals surface area contributed by atoms with Gasteiger partial charge in [-0.15, -0.1) is 0 Å². The molecule has 0 bridgehead atoms. The van der Waals surface area contributed by atoms with E-state index in [1.165, 1.54) is 24.8 Å². The summed E-state index contributed by atoms with van der Waals surface area (Å²) < 4.78 is 4.71. The van der Waals surface area contributed by atoms with Crippen molar-refractivity contribution in [2.45, 2.75) is 13.3 Å². The van der Waals surface area contributed by atoms with Crippen molar-refractivity contribution in [2.75, 3.05) is 12.9 Å². The van der Waals surface area contributed by atoms with Gasteiger partial charge in [-0.05, 0) is 10.8 Å². The van der Waals surface area contributed by atoms with Crippen molar-refractivity contribution in [1.29, 1.82) is 0 Å². The zero-order valence-corrected chi connectivity index (χ0v) is 13.0. The molecule has 108 valence electrons. The van der Waals surface area contributed by atoms with Crippen LogP contribution in [0, 0.1) is 5.92 Å². The molecule has 0 amide bonds. The first kappa shape index (κ1) is 16.8. The third-order valence-corrected chi connectivity index (χ3v) is 4.86. The van der Waals surface area contributed by atoms with Crippen LogP contribution >= 0.6 is 21.6 Å². The number of ether oxygens (including phenoxy) is 1. The lowest BCUT2D eigenvalue weighted by molar-refractivity contribution is -0.144. The van der Waals surface area contributed by atoms with Crippen LogP contribution in [-0.2, 0) is 14.3 Å². The average Bonchev–Trinajstić information content (AvgIpc) is 2.45. The summed E-state index contributed by atoms with van der Waals surface area (Å²) in [4.78, 5) is 34.6. The molecule has 0 fully saturated rings. The summed E-state index contributed by atoms with van der Waals surface area (Å²) in [7, 11) is 3.63. The molecule has 0 N–H and O–H groups in total.